The molecule has 1 atom stereocenters. The third-order valence-corrected chi connectivity index (χ3v) is 3.93. The Balaban J connectivity index is 1.88. The van der Waals surface area contributed by atoms with Gasteiger partial charge < -0.3 is 15.2 Å². The molecule has 3 nitrogen and oxygen atoms in total. The highest BCUT2D eigenvalue weighted by Gasteiger charge is 2.31. The van der Waals surface area contributed by atoms with Crippen molar-refractivity contribution in [2.45, 2.75) is 51.2 Å². The Bertz CT molecular complexity index is 382. The van der Waals surface area contributed by atoms with Crippen LogP contribution in [0, 0.1) is 0 Å². The number of nitrogens with one attached hydrogen (secondary N) is 1. The van der Waals surface area contributed by atoms with E-state index >= 15 is 0 Å². The lowest BCUT2D eigenvalue weighted by Gasteiger charge is -2.22. The topological polar surface area (TPSA) is 41.5 Å². The number of aliphatic hydroxyl groups is 1. The van der Waals surface area contributed by atoms with Crippen LogP contribution in [0.1, 0.15) is 51.1 Å². The number of rotatable bonds is 6. The van der Waals surface area contributed by atoms with Crippen LogP contribution >= 0.6 is 0 Å². The van der Waals surface area contributed by atoms with Crippen molar-refractivity contribution in [3.63, 3.8) is 0 Å². The Kier molecular flexibility index (Phi) is 4.83. The standard InChI is InChI=1S/C16H25NO2/c1-3-17-13(2)14-6-8-15(9-7-14)19-12-16(18)10-4-5-11-16/h6-9,13,17-18H,3-5,10-12H2,1-2H3. The van der Waals surface area contributed by atoms with Crippen LogP contribution in [0.2, 0.25) is 0 Å². The zero-order valence-corrected chi connectivity index (χ0v) is 12.0. The van der Waals surface area contributed by atoms with Crippen LogP contribution in [0.25, 0.3) is 0 Å². The van der Waals surface area contributed by atoms with E-state index in [0.29, 0.717) is 12.6 Å². The molecule has 0 aliphatic heterocycles. The zero-order chi connectivity index (χ0) is 13.7. The van der Waals surface area contributed by atoms with Crippen molar-refractivity contribution in [2.24, 2.45) is 0 Å². The minimum absolute atomic E-state index is 0.359. The van der Waals surface area contributed by atoms with Crippen LogP contribution in [0.3, 0.4) is 0 Å². The van der Waals surface area contributed by atoms with Gasteiger partial charge in [-0.15, -0.1) is 0 Å². The minimum Gasteiger partial charge on any atom is -0.491 e. The van der Waals surface area contributed by atoms with Gasteiger partial charge in [0, 0.05) is 6.04 Å². The molecule has 1 fully saturated rings. The van der Waals surface area contributed by atoms with E-state index in [4.69, 9.17) is 4.74 Å². The molecule has 2 rings (SSSR count). The van der Waals surface area contributed by atoms with E-state index in [1.807, 2.05) is 12.1 Å². The molecule has 1 saturated carbocycles. The summed E-state index contributed by atoms with van der Waals surface area (Å²) in [6.07, 6.45) is 3.95. The van der Waals surface area contributed by atoms with E-state index in [-0.39, 0.29) is 0 Å². The van der Waals surface area contributed by atoms with Crippen LogP contribution in [0.5, 0.6) is 5.75 Å². The molecule has 0 amide bonds. The molecule has 0 saturated heterocycles. The molecule has 19 heavy (non-hydrogen) atoms. The average Bonchev–Trinajstić information content (AvgIpc) is 2.85. The van der Waals surface area contributed by atoms with Crippen LogP contribution < -0.4 is 10.1 Å². The van der Waals surface area contributed by atoms with E-state index in [1.165, 1.54) is 5.56 Å². The maximum atomic E-state index is 10.2. The van der Waals surface area contributed by atoms with Crippen molar-refractivity contribution < 1.29 is 9.84 Å². The van der Waals surface area contributed by atoms with Gasteiger partial charge in [0.25, 0.3) is 0 Å². The molecule has 3 heteroatoms. The van der Waals surface area contributed by atoms with Gasteiger partial charge in [-0.1, -0.05) is 31.9 Å². The van der Waals surface area contributed by atoms with E-state index < -0.39 is 5.60 Å². The molecule has 106 valence electrons. The van der Waals surface area contributed by atoms with E-state index in [2.05, 4.69) is 31.3 Å². The summed E-state index contributed by atoms with van der Waals surface area (Å²) < 4.78 is 5.72. The summed E-state index contributed by atoms with van der Waals surface area (Å²) >= 11 is 0. The van der Waals surface area contributed by atoms with Gasteiger partial charge in [0.05, 0.1) is 5.60 Å². The highest BCUT2D eigenvalue weighted by atomic mass is 16.5. The smallest absolute Gasteiger partial charge is 0.119 e. The van der Waals surface area contributed by atoms with Gasteiger partial charge in [-0.2, -0.15) is 0 Å². The molecular formula is C16H25NO2. The summed E-state index contributed by atoms with van der Waals surface area (Å²) in [5.41, 5.74) is 0.657. The molecule has 0 aromatic heterocycles. The monoisotopic (exact) mass is 263 g/mol. The first-order chi connectivity index (χ1) is 9.13. The summed E-state index contributed by atoms with van der Waals surface area (Å²) in [4.78, 5) is 0. The fourth-order valence-electron chi connectivity index (χ4n) is 2.67. The molecule has 1 unspecified atom stereocenters. The van der Waals surface area contributed by atoms with Crippen LogP contribution in [0.4, 0.5) is 0 Å². The fraction of sp³-hybridized carbons (Fsp3) is 0.625. The van der Waals surface area contributed by atoms with Crippen molar-refractivity contribution in [1.82, 2.24) is 5.32 Å². The van der Waals surface area contributed by atoms with Gasteiger partial charge in [-0.05, 0) is 44.0 Å². The number of ether oxygens (including phenoxy) is 1. The maximum absolute atomic E-state index is 10.2. The molecule has 1 aromatic carbocycles. The number of hydrogen-bond acceptors (Lipinski definition) is 3. The van der Waals surface area contributed by atoms with Crippen molar-refractivity contribution in [2.75, 3.05) is 13.2 Å². The zero-order valence-electron chi connectivity index (χ0n) is 12.0. The largest absolute Gasteiger partial charge is 0.491 e. The number of hydrogen-bond donors (Lipinski definition) is 2. The summed E-state index contributed by atoms with van der Waals surface area (Å²) in [5, 5.41) is 13.6. The normalized spacial score (nSPS) is 19.3. The van der Waals surface area contributed by atoms with E-state index in [1.54, 1.807) is 0 Å². The third-order valence-electron chi connectivity index (χ3n) is 3.93. The summed E-state index contributed by atoms with van der Waals surface area (Å²) in [6, 6.07) is 8.50. The Morgan fingerprint density at radius 3 is 2.47 bits per heavy atom. The lowest BCUT2D eigenvalue weighted by atomic mass is 10.0. The predicted octanol–water partition coefficient (Wildman–Crippen LogP) is 3.04. The van der Waals surface area contributed by atoms with Crippen molar-refractivity contribution in [1.29, 1.82) is 0 Å². The summed E-state index contributed by atoms with van der Waals surface area (Å²) in [5.74, 6) is 0.841. The molecule has 1 aliphatic carbocycles. The Hall–Kier alpha value is -1.06. The Morgan fingerprint density at radius 1 is 1.26 bits per heavy atom. The average molecular weight is 263 g/mol. The molecule has 2 N–H and O–H groups in total. The van der Waals surface area contributed by atoms with Gasteiger partial charge in [0.15, 0.2) is 0 Å². The van der Waals surface area contributed by atoms with Gasteiger partial charge in [-0.3, -0.25) is 0 Å². The first-order valence-electron chi connectivity index (χ1n) is 7.31. The van der Waals surface area contributed by atoms with Crippen LogP contribution in [-0.2, 0) is 0 Å². The molecule has 1 aromatic rings. The van der Waals surface area contributed by atoms with Gasteiger partial charge in [-0.25, -0.2) is 0 Å². The maximum Gasteiger partial charge on any atom is 0.119 e. The second kappa shape index (κ2) is 6.40. The highest BCUT2D eigenvalue weighted by molar-refractivity contribution is 5.29. The third kappa shape index (κ3) is 3.95. The Morgan fingerprint density at radius 2 is 1.89 bits per heavy atom. The predicted molar refractivity (Wildman–Crippen MR) is 77.4 cm³/mol. The van der Waals surface area contributed by atoms with Gasteiger partial charge in [0.1, 0.15) is 12.4 Å². The minimum atomic E-state index is -0.601. The van der Waals surface area contributed by atoms with Crippen molar-refractivity contribution >= 4 is 0 Å². The van der Waals surface area contributed by atoms with Crippen LogP contribution in [0.15, 0.2) is 24.3 Å². The number of benzene rings is 1. The molecule has 0 spiro atoms. The molecule has 1 aliphatic rings. The SMILES string of the molecule is CCNC(C)c1ccc(OCC2(O)CCCC2)cc1. The molecular weight excluding hydrogens is 238 g/mol. The molecule has 0 heterocycles. The lowest BCUT2D eigenvalue weighted by Crippen LogP contribution is -2.32. The first-order valence-corrected chi connectivity index (χ1v) is 7.31. The first kappa shape index (κ1) is 14.4. The van der Waals surface area contributed by atoms with Gasteiger partial charge >= 0.3 is 0 Å². The lowest BCUT2D eigenvalue weighted by molar-refractivity contribution is 0.00140. The van der Waals surface area contributed by atoms with Gasteiger partial charge in [0.2, 0.25) is 0 Å². The fourth-order valence-corrected chi connectivity index (χ4v) is 2.67. The summed E-state index contributed by atoms with van der Waals surface area (Å²) in [7, 11) is 0. The van der Waals surface area contributed by atoms with Crippen molar-refractivity contribution in [3.05, 3.63) is 29.8 Å². The molecule has 0 bridgehead atoms. The summed E-state index contributed by atoms with van der Waals surface area (Å²) in [6.45, 7) is 5.64. The van der Waals surface area contributed by atoms with Crippen molar-refractivity contribution in [3.8, 4) is 5.75 Å². The second-order valence-corrected chi connectivity index (χ2v) is 5.57. The quantitative estimate of drug-likeness (QED) is 0.829. The second-order valence-electron chi connectivity index (χ2n) is 5.57. The van der Waals surface area contributed by atoms with E-state index in [0.717, 1.165) is 38.0 Å². The Labute approximate surface area is 116 Å². The highest BCUT2D eigenvalue weighted by Crippen LogP contribution is 2.30. The van der Waals surface area contributed by atoms with Crippen LogP contribution in [-0.4, -0.2) is 23.9 Å². The molecule has 0 radical (unpaired) electrons. The van der Waals surface area contributed by atoms with E-state index in [9.17, 15) is 5.11 Å².